The first-order valence-corrected chi connectivity index (χ1v) is 6.16. The number of hydrogen-bond acceptors (Lipinski definition) is 3. The molecule has 18 heavy (non-hydrogen) atoms. The van der Waals surface area contributed by atoms with Crippen molar-refractivity contribution in [2.75, 3.05) is 6.54 Å². The minimum Gasteiger partial charge on any atom is -0.478 e. The number of furan rings is 1. The maximum Gasteiger partial charge on any atom is 0.338 e. The van der Waals surface area contributed by atoms with Crippen molar-refractivity contribution >= 4 is 11.9 Å². The van der Waals surface area contributed by atoms with Crippen LogP contribution in [0, 0.1) is 11.8 Å². The van der Waals surface area contributed by atoms with Crippen molar-refractivity contribution < 1.29 is 19.1 Å². The Balaban J connectivity index is 1.85. The standard InChI is InChI=1S/C13H17NO4/c1-8-2-3-9(4-8)6-14-12(15)11-5-10(7-18-11)13(16)17/h5,7-9H,2-4,6H2,1H3,(H,14,15)(H,16,17). The van der Waals surface area contributed by atoms with Crippen LogP contribution in [0.5, 0.6) is 0 Å². The molecule has 0 aromatic carbocycles. The molecular weight excluding hydrogens is 234 g/mol. The van der Waals surface area contributed by atoms with E-state index in [9.17, 15) is 9.59 Å². The quantitative estimate of drug-likeness (QED) is 0.859. The second-order valence-corrected chi connectivity index (χ2v) is 5.00. The lowest BCUT2D eigenvalue weighted by atomic mass is 10.1. The van der Waals surface area contributed by atoms with Gasteiger partial charge in [-0.1, -0.05) is 13.3 Å². The molecule has 1 heterocycles. The number of aromatic carboxylic acids is 1. The van der Waals surface area contributed by atoms with E-state index < -0.39 is 5.97 Å². The molecule has 0 bridgehead atoms. The summed E-state index contributed by atoms with van der Waals surface area (Å²) in [6, 6.07) is 1.24. The average Bonchev–Trinajstić information content (AvgIpc) is 2.94. The molecule has 2 rings (SSSR count). The molecule has 0 aliphatic heterocycles. The van der Waals surface area contributed by atoms with Crippen molar-refractivity contribution in [2.24, 2.45) is 11.8 Å². The van der Waals surface area contributed by atoms with E-state index in [4.69, 9.17) is 9.52 Å². The fraction of sp³-hybridized carbons (Fsp3) is 0.538. The van der Waals surface area contributed by atoms with E-state index in [1.807, 2.05) is 0 Å². The normalized spacial score (nSPS) is 22.9. The van der Waals surface area contributed by atoms with Gasteiger partial charge in [-0.3, -0.25) is 4.79 Å². The smallest absolute Gasteiger partial charge is 0.338 e. The minimum atomic E-state index is -1.09. The van der Waals surface area contributed by atoms with Crippen LogP contribution in [0.3, 0.4) is 0 Å². The number of rotatable bonds is 4. The molecule has 1 saturated carbocycles. The molecule has 0 radical (unpaired) electrons. The maximum atomic E-state index is 11.7. The molecule has 5 nitrogen and oxygen atoms in total. The van der Waals surface area contributed by atoms with Crippen LogP contribution in [-0.2, 0) is 0 Å². The first kappa shape index (κ1) is 12.7. The van der Waals surface area contributed by atoms with Crippen LogP contribution in [-0.4, -0.2) is 23.5 Å². The minimum absolute atomic E-state index is 0.00496. The molecule has 1 aliphatic rings. The predicted octanol–water partition coefficient (Wildman–Crippen LogP) is 2.14. The Hall–Kier alpha value is -1.78. The third-order valence-electron chi connectivity index (χ3n) is 3.42. The molecular formula is C13H17NO4. The largest absolute Gasteiger partial charge is 0.478 e. The summed E-state index contributed by atoms with van der Waals surface area (Å²) in [7, 11) is 0. The number of amides is 1. The molecule has 2 atom stereocenters. The van der Waals surface area contributed by atoms with Crippen LogP contribution in [0.15, 0.2) is 16.7 Å². The Kier molecular flexibility index (Phi) is 3.69. The van der Waals surface area contributed by atoms with Crippen LogP contribution >= 0.6 is 0 Å². The summed E-state index contributed by atoms with van der Waals surface area (Å²) in [5, 5.41) is 11.5. The summed E-state index contributed by atoms with van der Waals surface area (Å²) in [6.07, 6.45) is 4.57. The Morgan fingerprint density at radius 3 is 2.83 bits per heavy atom. The van der Waals surface area contributed by atoms with E-state index in [1.54, 1.807) is 0 Å². The van der Waals surface area contributed by atoms with E-state index in [1.165, 1.54) is 12.5 Å². The monoisotopic (exact) mass is 251 g/mol. The zero-order valence-electron chi connectivity index (χ0n) is 10.3. The van der Waals surface area contributed by atoms with Gasteiger partial charge in [-0.2, -0.15) is 0 Å². The van der Waals surface area contributed by atoms with E-state index in [-0.39, 0.29) is 17.2 Å². The van der Waals surface area contributed by atoms with Crippen molar-refractivity contribution in [3.05, 3.63) is 23.7 Å². The van der Waals surface area contributed by atoms with Crippen molar-refractivity contribution in [2.45, 2.75) is 26.2 Å². The fourth-order valence-corrected chi connectivity index (χ4v) is 2.40. The highest BCUT2D eigenvalue weighted by Crippen LogP contribution is 2.29. The lowest BCUT2D eigenvalue weighted by Crippen LogP contribution is -2.28. The first-order chi connectivity index (χ1) is 8.56. The van der Waals surface area contributed by atoms with Gasteiger partial charge >= 0.3 is 5.97 Å². The zero-order chi connectivity index (χ0) is 13.1. The van der Waals surface area contributed by atoms with E-state index >= 15 is 0 Å². The Bertz CT molecular complexity index is 452. The van der Waals surface area contributed by atoms with Crippen molar-refractivity contribution in [1.29, 1.82) is 0 Å². The molecule has 0 spiro atoms. The van der Waals surface area contributed by atoms with Crippen LogP contribution in [0.1, 0.15) is 47.1 Å². The van der Waals surface area contributed by atoms with Crippen molar-refractivity contribution in [1.82, 2.24) is 5.32 Å². The number of carboxylic acid groups (broad SMARTS) is 1. The molecule has 1 aliphatic carbocycles. The lowest BCUT2D eigenvalue weighted by Gasteiger charge is -2.09. The van der Waals surface area contributed by atoms with Crippen molar-refractivity contribution in [3.63, 3.8) is 0 Å². The highest BCUT2D eigenvalue weighted by molar-refractivity contribution is 5.95. The van der Waals surface area contributed by atoms with Crippen molar-refractivity contribution in [3.8, 4) is 0 Å². The SMILES string of the molecule is CC1CCC(CNC(=O)c2cc(C(=O)O)co2)C1. The number of carbonyl (C=O) groups is 2. The van der Waals surface area contributed by atoms with E-state index in [2.05, 4.69) is 12.2 Å². The van der Waals surface area contributed by atoms with Gasteiger partial charge in [0, 0.05) is 12.6 Å². The Morgan fingerprint density at radius 1 is 1.50 bits per heavy atom. The second kappa shape index (κ2) is 5.25. The lowest BCUT2D eigenvalue weighted by molar-refractivity contribution is 0.0696. The van der Waals surface area contributed by atoms with Gasteiger partial charge in [-0.15, -0.1) is 0 Å². The van der Waals surface area contributed by atoms with E-state index in [0.29, 0.717) is 12.5 Å². The van der Waals surface area contributed by atoms with Gasteiger partial charge < -0.3 is 14.8 Å². The second-order valence-electron chi connectivity index (χ2n) is 5.00. The summed E-state index contributed by atoms with van der Waals surface area (Å²) in [6.45, 7) is 2.85. The third kappa shape index (κ3) is 2.91. The maximum absolute atomic E-state index is 11.7. The summed E-state index contributed by atoms with van der Waals surface area (Å²) in [5.41, 5.74) is -0.00496. The molecule has 5 heteroatoms. The molecule has 1 amide bonds. The van der Waals surface area contributed by atoms with Gasteiger partial charge in [0.15, 0.2) is 5.76 Å². The molecule has 1 aromatic heterocycles. The Labute approximate surface area is 105 Å². The molecule has 2 N–H and O–H groups in total. The van der Waals surface area contributed by atoms with Gasteiger partial charge in [-0.05, 0) is 24.7 Å². The van der Waals surface area contributed by atoms with Crippen LogP contribution in [0.4, 0.5) is 0 Å². The number of carboxylic acids is 1. The summed E-state index contributed by atoms with van der Waals surface area (Å²) in [5.74, 6) is -0.130. The van der Waals surface area contributed by atoms with Crippen LogP contribution in [0.2, 0.25) is 0 Å². The molecule has 98 valence electrons. The average molecular weight is 251 g/mol. The van der Waals surface area contributed by atoms with Gasteiger partial charge in [0.1, 0.15) is 6.26 Å². The number of nitrogens with one attached hydrogen (secondary N) is 1. The topological polar surface area (TPSA) is 79.5 Å². The summed E-state index contributed by atoms with van der Waals surface area (Å²) < 4.78 is 4.93. The molecule has 0 saturated heterocycles. The third-order valence-corrected chi connectivity index (χ3v) is 3.42. The predicted molar refractivity (Wildman–Crippen MR) is 64.5 cm³/mol. The van der Waals surface area contributed by atoms with Gasteiger partial charge in [0.05, 0.1) is 5.56 Å². The first-order valence-electron chi connectivity index (χ1n) is 6.16. The summed E-state index contributed by atoms with van der Waals surface area (Å²) in [4.78, 5) is 22.4. The van der Waals surface area contributed by atoms with Gasteiger partial charge in [-0.25, -0.2) is 4.79 Å². The van der Waals surface area contributed by atoms with Gasteiger partial charge in [0.2, 0.25) is 0 Å². The molecule has 1 aromatic rings. The highest BCUT2D eigenvalue weighted by atomic mass is 16.4. The van der Waals surface area contributed by atoms with Gasteiger partial charge in [0.25, 0.3) is 5.91 Å². The number of hydrogen-bond donors (Lipinski definition) is 2. The number of carbonyl (C=O) groups excluding carboxylic acids is 1. The molecule has 1 fully saturated rings. The van der Waals surface area contributed by atoms with E-state index in [0.717, 1.165) is 25.0 Å². The zero-order valence-corrected chi connectivity index (χ0v) is 10.3. The molecule has 2 unspecified atom stereocenters. The summed E-state index contributed by atoms with van der Waals surface area (Å²) >= 11 is 0. The Morgan fingerprint density at radius 2 is 2.28 bits per heavy atom. The fourth-order valence-electron chi connectivity index (χ4n) is 2.40. The van der Waals surface area contributed by atoms with Crippen LogP contribution < -0.4 is 5.32 Å². The van der Waals surface area contributed by atoms with Crippen LogP contribution in [0.25, 0.3) is 0 Å². The highest BCUT2D eigenvalue weighted by Gasteiger charge is 2.22.